The minimum absolute atomic E-state index is 0.0890. The molecule has 0 radical (unpaired) electrons. The largest absolute Gasteiger partial charge is 0.477 e. The predicted molar refractivity (Wildman–Crippen MR) is 122 cm³/mol. The van der Waals surface area contributed by atoms with E-state index < -0.39 is 11.5 Å². The molecule has 2 aromatic carbocycles. The highest BCUT2D eigenvalue weighted by atomic mass is 35.5. The van der Waals surface area contributed by atoms with Crippen LogP contribution in [0.25, 0.3) is 16.6 Å². The van der Waals surface area contributed by atoms with Crippen LogP contribution in [0.4, 0.5) is 0 Å². The van der Waals surface area contributed by atoms with Crippen LogP contribution in [0.15, 0.2) is 65.6 Å². The second kappa shape index (κ2) is 8.74. The molecule has 3 N–H and O–H groups in total. The summed E-state index contributed by atoms with van der Waals surface area (Å²) in [4.78, 5) is 43.3. The number of nitrogens with zero attached hydrogens (tertiary/aromatic N) is 2. The molecule has 0 saturated carbocycles. The number of nitrogens with one attached hydrogen (secondary N) is 2. The number of hydrogen-bond acceptors (Lipinski definition) is 5. The Morgan fingerprint density at radius 1 is 1.12 bits per heavy atom. The SMILES string of the molecule is O=C(NCc1ccc(Cl)cc1)c1ccc2c(=O)n(-c3ccc(C(=O)O)nc3)c(=S)[nH]c2c1. The van der Waals surface area contributed by atoms with Crippen LogP contribution in [0.2, 0.25) is 5.02 Å². The second-order valence-electron chi connectivity index (χ2n) is 6.85. The van der Waals surface area contributed by atoms with Gasteiger partial charge in [-0.15, -0.1) is 0 Å². The van der Waals surface area contributed by atoms with Crippen LogP contribution in [-0.2, 0) is 6.54 Å². The van der Waals surface area contributed by atoms with Crippen molar-refractivity contribution in [2.45, 2.75) is 6.54 Å². The van der Waals surface area contributed by atoms with Gasteiger partial charge >= 0.3 is 5.97 Å². The minimum Gasteiger partial charge on any atom is -0.477 e. The standard InChI is InChI=1S/C22H15ClN4O4S/c23-14-4-1-12(2-5-14)10-25-19(28)13-3-7-16-18(9-13)26-22(32)27(20(16)29)15-6-8-17(21(30)31)24-11-15/h1-9,11H,10H2,(H,25,28)(H,26,32)(H,30,31). The van der Waals surface area contributed by atoms with Crippen molar-refractivity contribution in [1.82, 2.24) is 19.9 Å². The molecule has 0 aliphatic heterocycles. The third-order valence-electron chi connectivity index (χ3n) is 4.75. The van der Waals surface area contributed by atoms with Crippen LogP contribution in [-0.4, -0.2) is 31.5 Å². The summed E-state index contributed by atoms with van der Waals surface area (Å²) in [6, 6.07) is 14.5. The van der Waals surface area contributed by atoms with E-state index in [1.54, 1.807) is 24.3 Å². The fourth-order valence-electron chi connectivity index (χ4n) is 3.13. The molecule has 4 rings (SSSR count). The van der Waals surface area contributed by atoms with E-state index in [0.717, 1.165) is 5.56 Å². The number of rotatable bonds is 5. The summed E-state index contributed by atoms with van der Waals surface area (Å²) in [5, 5.41) is 12.7. The number of hydrogen-bond donors (Lipinski definition) is 3. The first kappa shape index (κ1) is 21.4. The molecule has 2 heterocycles. The quantitative estimate of drug-likeness (QED) is 0.386. The maximum Gasteiger partial charge on any atom is 0.354 e. The van der Waals surface area contributed by atoms with Crippen LogP contribution in [0.3, 0.4) is 0 Å². The summed E-state index contributed by atoms with van der Waals surface area (Å²) >= 11 is 11.2. The van der Waals surface area contributed by atoms with Gasteiger partial charge in [-0.1, -0.05) is 23.7 Å². The van der Waals surface area contributed by atoms with Crippen LogP contribution >= 0.6 is 23.8 Å². The number of carboxylic acid groups (broad SMARTS) is 1. The van der Waals surface area contributed by atoms with Gasteiger partial charge in [-0.05, 0) is 60.2 Å². The molecule has 160 valence electrons. The Morgan fingerprint density at radius 3 is 2.53 bits per heavy atom. The lowest BCUT2D eigenvalue weighted by Gasteiger charge is -2.10. The average molecular weight is 467 g/mol. The van der Waals surface area contributed by atoms with Crippen molar-refractivity contribution in [3.63, 3.8) is 0 Å². The van der Waals surface area contributed by atoms with Crippen molar-refractivity contribution < 1.29 is 14.7 Å². The molecule has 0 unspecified atom stereocenters. The summed E-state index contributed by atoms with van der Waals surface area (Å²) in [6.45, 7) is 0.324. The number of aromatic amines is 1. The van der Waals surface area contributed by atoms with Gasteiger partial charge in [0.15, 0.2) is 4.77 Å². The molecule has 0 fully saturated rings. The van der Waals surface area contributed by atoms with Gasteiger partial charge in [-0.25, -0.2) is 9.78 Å². The Hall–Kier alpha value is -3.82. The number of H-pyrrole nitrogens is 1. The fraction of sp³-hybridized carbons (Fsp3) is 0.0455. The number of carbonyl (C=O) groups excluding carboxylic acids is 1. The van der Waals surface area contributed by atoms with Crippen molar-refractivity contribution >= 4 is 46.6 Å². The number of fused-ring (bicyclic) bond motifs is 1. The number of pyridine rings is 1. The molecule has 0 aliphatic rings. The summed E-state index contributed by atoms with van der Waals surface area (Å²) in [5.41, 5.74) is 1.43. The molecule has 0 saturated heterocycles. The van der Waals surface area contributed by atoms with Crippen molar-refractivity contribution in [2.75, 3.05) is 0 Å². The van der Waals surface area contributed by atoms with E-state index in [-0.39, 0.29) is 16.4 Å². The second-order valence-corrected chi connectivity index (χ2v) is 7.67. The van der Waals surface area contributed by atoms with Gasteiger partial charge in [0.1, 0.15) is 5.69 Å². The van der Waals surface area contributed by atoms with E-state index >= 15 is 0 Å². The Kier molecular flexibility index (Phi) is 5.85. The van der Waals surface area contributed by atoms with Crippen molar-refractivity contribution in [2.24, 2.45) is 0 Å². The number of carboxylic acids is 1. The summed E-state index contributed by atoms with van der Waals surface area (Å²) in [5.74, 6) is -1.48. The molecule has 2 aromatic heterocycles. The van der Waals surface area contributed by atoms with Crippen LogP contribution < -0.4 is 10.9 Å². The van der Waals surface area contributed by atoms with Gasteiger partial charge in [0, 0.05) is 17.1 Å². The third kappa shape index (κ3) is 4.29. The maximum absolute atomic E-state index is 13.0. The number of aromatic nitrogens is 3. The van der Waals surface area contributed by atoms with Gasteiger partial charge < -0.3 is 15.4 Å². The van der Waals surface area contributed by atoms with Gasteiger partial charge in [0.05, 0.1) is 22.8 Å². The molecule has 8 nitrogen and oxygen atoms in total. The fourth-order valence-corrected chi connectivity index (χ4v) is 3.55. The van der Waals surface area contributed by atoms with Crippen molar-refractivity contribution in [3.8, 4) is 5.69 Å². The zero-order valence-electron chi connectivity index (χ0n) is 16.3. The number of amides is 1. The van der Waals surface area contributed by atoms with Gasteiger partial charge in [-0.3, -0.25) is 14.2 Å². The molecule has 32 heavy (non-hydrogen) atoms. The summed E-state index contributed by atoms with van der Waals surface area (Å²) in [7, 11) is 0. The minimum atomic E-state index is -1.17. The van der Waals surface area contributed by atoms with E-state index in [1.807, 2.05) is 12.1 Å². The Labute approximate surface area is 191 Å². The van der Waals surface area contributed by atoms with E-state index in [9.17, 15) is 14.4 Å². The van der Waals surface area contributed by atoms with Gasteiger partial charge in [-0.2, -0.15) is 0 Å². The van der Waals surface area contributed by atoms with E-state index in [4.69, 9.17) is 28.9 Å². The number of aromatic carboxylic acids is 1. The monoisotopic (exact) mass is 466 g/mol. The first-order chi connectivity index (χ1) is 15.3. The highest BCUT2D eigenvalue weighted by Gasteiger charge is 2.12. The molecular weight excluding hydrogens is 452 g/mol. The molecule has 1 amide bonds. The van der Waals surface area contributed by atoms with E-state index in [1.165, 1.54) is 29.0 Å². The van der Waals surface area contributed by atoms with Crippen LogP contribution in [0, 0.1) is 4.77 Å². The summed E-state index contributed by atoms with van der Waals surface area (Å²) < 4.78 is 1.31. The molecule has 0 spiro atoms. The van der Waals surface area contributed by atoms with E-state index in [0.29, 0.717) is 33.7 Å². The van der Waals surface area contributed by atoms with Crippen LogP contribution in [0.5, 0.6) is 0 Å². The van der Waals surface area contributed by atoms with Gasteiger partial charge in [0.2, 0.25) is 0 Å². The zero-order chi connectivity index (χ0) is 22.8. The topological polar surface area (TPSA) is 117 Å². The van der Waals surface area contributed by atoms with Crippen molar-refractivity contribution in [3.05, 3.63) is 97.8 Å². The highest BCUT2D eigenvalue weighted by Crippen LogP contribution is 2.14. The third-order valence-corrected chi connectivity index (χ3v) is 5.29. The summed E-state index contributed by atoms with van der Waals surface area (Å²) in [6.07, 6.45) is 1.26. The molecule has 4 aromatic rings. The molecule has 0 bridgehead atoms. The molecule has 0 aliphatic carbocycles. The lowest BCUT2D eigenvalue weighted by molar-refractivity contribution is 0.0690. The molecule has 10 heteroatoms. The van der Waals surface area contributed by atoms with E-state index in [2.05, 4.69) is 15.3 Å². The normalized spacial score (nSPS) is 10.8. The number of carbonyl (C=O) groups is 2. The average Bonchev–Trinajstić information content (AvgIpc) is 2.78. The Morgan fingerprint density at radius 2 is 1.88 bits per heavy atom. The zero-order valence-corrected chi connectivity index (χ0v) is 17.9. The first-order valence-electron chi connectivity index (χ1n) is 9.35. The van der Waals surface area contributed by atoms with Crippen LogP contribution in [0.1, 0.15) is 26.4 Å². The van der Waals surface area contributed by atoms with Crippen molar-refractivity contribution in [1.29, 1.82) is 0 Å². The first-order valence-corrected chi connectivity index (χ1v) is 10.1. The number of halogens is 1. The Bertz CT molecular complexity index is 1460. The Balaban J connectivity index is 1.63. The number of benzene rings is 2. The van der Waals surface area contributed by atoms with Gasteiger partial charge in [0.25, 0.3) is 11.5 Å². The smallest absolute Gasteiger partial charge is 0.354 e. The molecular formula is C22H15ClN4O4S. The maximum atomic E-state index is 13.0. The lowest BCUT2D eigenvalue weighted by Crippen LogP contribution is -2.24. The highest BCUT2D eigenvalue weighted by molar-refractivity contribution is 7.71. The molecule has 0 atom stereocenters. The predicted octanol–water partition coefficient (Wildman–Crippen LogP) is 3.72. The lowest BCUT2D eigenvalue weighted by atomic mass is 10.1.